The Labute approximate surface area is 190 Å². The van der Waals surface area contributed by atoms with Crippen molar-refractivity contribution in [1.29, 1.82) is 5.26 Å². The van der Waals surface area contributed by atoms with Crippen molar-refractivity contribution in [2.75, 3.05) is 0 Å². The molecule has 3 heteroatoms. The first-order valence-electron chi connectivity index (χ1n) is 11.2. The molecule has 0 bridgehead atoms. The number of hydrogen-bond acceptors (Lipinski definition) is 2. The molecule has 0 heterocycles. The van der Waals surface area contributed by atoms with Crippen molar-refractivity contribution in [3.63, 3.8) is 0 Å². The van der Waals surface area contributed by atoms with E-state index in [1.165, 1.54) is 57.4 Å². The maximum absolute atomic E-state index is 13.9. The van der Waals surface area contributed by atoms with Gasteiger partial charge >= 0.3 is 0 Å². The molecule has 0 atom stereocenters. The summed E-state index contributed by atoms with van der Waals surface area (Å²) in [4.78, 5) is 0.320. The Balaban J connectivity index is 1.53. The fourth-order valence-corrected chi connectivity index (χ4v) is 4.35. The van der Waals surface area contributed by atoms with Gasteiger partial charge in [0, 0.05) is 22.6 Å². The summed E-state index contributed by atoms with van der Waals surface area (Å²) in [5, 5.41) is 10.5. The van der Waals surface area contributed by atoms with E-state index in [2.05, 4.69) is 30.6 Å². The largest absolute Gasteiger partial charge is 0.206 e. The third-order valence-electron chi connectivity index (χ3n) is 5.81. The smallest absolute Gasteiger partial charge is 0.139 e. The summed E-state index contributed by atoms with van der Waals surface area (Å²) in [6.45, 7) is 2.27. The van der Waals surface area contributed by atoms with Crippen molar-refractivity contribution in [2.45, 2.75) is 63.2 Å². The minimum atomic E-state index is -0.418. The third-order valence-corrected chi connectivity index (χ3v) is 6.45. The van der Waals surface area contributed by atoms with Crippen LogP contribution < -0.4 is 0 Å². The number of hydrogen-bond donors (Lipinski definition) is 0. The first kappa shape index (κ1) is 23.0. The van der Waals surface area contributed by atoms with Crippen LogP contribution in [0.25, 0.3) is 0 Å². The maximum atomic E-state index is 13.9. The summed E-state index contributed by atoms with van der Waals surface area (Å²) in [5.74, 6) is 13.9. The van der Waals surface area contributed by atoms with Crippen LogP contribution in [-0.4, -0.2) is 0 Å². The van der Waals surface area contributed by atoms with Crippen molar-refractivity contribution >= 4 is 11.8 Å². The lowest BCUT2D eigenvalue weighted by molar-refractivity contribution is 0.294. The maximum Gasteiger partial charge on any atom is 0.139 e. The molecule has 0 radical (unpaired) electrons. The molecular weight excluding hydrogens is 401 g/mol. The average Bonchev–Trinajstić information content (AvgIpc) is 2.80. The molecule has 0 spiro atoms. The number of nitrogens with zero attached hydrogens (tertiary/aromatic N) is 1. The first-order valence-corrected chi connectivity index (χ1v) is 12.0. The Morgan fingerprint density at radius 3 is 2.19 bits per heavy atom. The number of nitriles is 1. The minimum Gasteiger partial charge on any atom is -0.206 e. The second-order valence-corrected chi connectivity index (χ2v) is 8.98. The van der Waals surface area contributed by atoms with Crippen molar-refractivity contribution in [1.82, 2.24) is 0 Å². The van der Waals surface area contributed by atoms with Crippen LogP contribution >= 0.6 is 11.8 Å². The summed E-state index contributed by atoms with van der Waals surface area (Å²) in [7, 11) is 0. The van der Waals surface area contributed by atoms with Gasteiger partial charge in [0.25, 0.3) is 0 Å². The van der Waals surface area contributed by atoms with E-state index in [0.29, 0.717) is 16.4 Å². The van der Waals surface area contributed by atoms with Crippen LogP contribution in [0.3, 0.4) is 0 Å². The van der Waals surface area contributed by atoms with E-state index in [1.54, 1.807) is 12.1 Å². The van der Waals surface area contributed by atoms with Crippen LogP contribution in [0.4, 0.5) is 4.39 Å². The van der Waals surface area contributed by atoms with Gasteiger partial charge in [-0.05, 0) is 85.8 Å². The summed E-state index contributed by atoms with van der Waals surface area (Å²) in [6.07, 6.45) is 10.6. The van der Waals surface area contributed by atoms with Crippen molar-refractivity contribution in [3.05, 3.63) is 65.0 Å². The van der Waals surface area contributed by atoms with Gasteiger partial charge in [-0.25, -0.2) is 4.39 Å². The fourth-order valence-electron chi connectivity index (χ4n) is 3.96. The molecule has 0 aliphatic heterocycles. The van der Waals surface area contributed by atoms with Gasteiger partial charge in [0.05, 0.1) is 4.90 Å². The van der Waals surface area contributed by atoms with E-state index in [1.807, 2.05) is 29.7 Å². The van der Waals surface area contributed by atoms with Gasteiger partial charge in [0.1, 0.15) is 11.2 Å². The molecule has 1 saturated carbocycles. The van der Waals surface area contributed by atoms with Crippen molar-refractivity contribution in [2.24, 2.45) is 11.8 Å². The summed E-state index contributed by atoms with van der Waals surface area (Å²) in [5.41, 5.74) is 2.47. The van der Waals surface area contributed by atoms with E-state index in [9.17, 15) is 4.39 Å². The number of thioether (sulfide) groups is 1. The highest BCUT2D eigenvalue weighted by molar-refractivity contribution is 8.03. The quantitative estimate of drug-likeness (QED) is 0.212. The zero-order valence-electron chi connectivity index (χ0n) is 18.1. The van der Waals surface area contributed by atoms with E-state index in [-0.39, 0.29) is 0 Å². The van der Waals surface area contributed by atoms with Gasteiger partial charge in [-0.2, -0.15) is 5.26 Å². The molecule has 1 fully saturated rings. The molecule has 0 N–H and O–H groups in total. The van der Waals surface area contributed by atoms with Gasteiger partial charge < -0.3 is 0 Å². The van der Waals surface area contributed by atoms with Gasteiger partial charge in [0.2, 0.25) is 0 Å². The molecule has 158 valence electrons. The third kappa shape index (κ3) is 7.51. The number of unbranched alkanes of at least 4 members (excludes halogenated alkanes) is 2. The predicted molar refractivity (Wildman–Crippen MR) is 127 cm³/mol. The molecule has 31 heavy (non-hydrogen) atoms. The SMILES string of the molecule is CCCCCC1CCC(C#Cc2ccc(C#Cc3ccc(SC#N)c(F)c3)cc2)CC1. The van der Waals surface area contributed by atoms with Crippen LogP contribution in [0, 0.1) is 52.0 Å². The standard InChI is InChI=1S/C28H28FNS/c1-2-3-4-5-22-6-8-23(9-7-22)10-11-24-12-14-25(15-13-24)16-17-26-18-19-28(31-21-30)27(29)20-26/h12-15,18-20,22-23H,2-9H2,1H3. The van der Waals surface area contributed by atoms with E-state index < -0.39 is 5.82 Å². The van der Waals surface area contributed by atoms with Crippen LogP contribution in [0.1, 0.15) is 75.0 Å². The summed E-state index contributed by atoms with van der Waals surface area (Å²) < 4.78 is 13.9. The zero-order chi connectivity index (χ0) is 21.9. The molecule has 0 aromatic heterocycles. The van der Waals surface area contributed by atoms with Crippen LogP contribution in [0.5, 0.6) is 0 Å². The normalized spacial score (nSPS) is 17.6. The molecule has 0 saturated heterocycles. The Kier molecular flexibility index (Phi) is 9.09. The molecule has 3 rings (SSSR count). The molecule has 2 aromatic rings. The molecule has 1 aliphatic rings. The molecule has 0 amide bonds. The van der Waals surface area contributed by atoms with E-state index in [0.717, 1.165) is 28.8 Å². The lowest BCUT2D eigenvalue weighted by atomic mass is 9.80. The van der Waals surface area contributed by atoms with Crippen molar-refractivity contribution < 1.29 is 4.39 Å². The van der Waals surface area contributed by atoms with Gasteiger partial charge in [-0.15, -0.1) is 0 Å². The highest BCUT2D eigenvalue weighted by Gasteiger charge is 2.19. The van der Waals surface area contributed by atoms with Crippen molar-refractivity contribution in [3.8, 4) is 29.1 Å². The number of thiocyanates is 1. The number of benzene rings is 2. The molecule has 1 aliphatic carbocycles. The second-order valence-electron chi connectivity index (χ2n) is 8.15. The number of rotatable bonds is 5. The van der Waals surface area contributed by atoms with Gasteiger partial charge in [-0.3, -0.25) is 0 Å². The summed E-state index contributed by atoms with van der Waals surface area (Å²) in [6, 6.07) is 12.6. The topological polar surface area (TPSA) is 23.8 Å². The highest BCUT2D eigenvalue weighted by Crippen LogP contribution is 2.31. The number of halogens is 1. The Morgan fingerprint density at radius 1 is 0.903 bits per heavy atom. The van der Waals surface area contributed by atoms with Crippen LogP contribution in [0.2, 0.25) is 0 Å². The average molecular weight is 430 g/mol. The highest BCUT2D eigenvalue weighted by atomic mass is 32.2. The Bertz CT molecular complexity index is 1020. The van der Waals surface area contributed by atoms with Gasteiger partial charge in [-0.1, -0.05) is 56.3 Å². The lowest BCUT2D eigenvalue weighted by Gasteiger charge is -2.25. The fraction of sp³-hybridized carbons (Fsp3) is 0.393. The Morgan fingerprint density at radius 2 is 1.55 bits per heavy atom. The predicted octanol–water partition coefficient (Wildman–Crippen LogP) is 7.54. The first-order chi connectivity index (χ1) is 15.2. The molecule has 1 nitrogen and oxygen atoms in total. The molecular formula is C28H28FNS. The second kappa shape index (κ2) is 12.2. The van der Waals surface area contributed by atoms with Crippen LogP contribution in [-0.2, 0) is 0 Å². The summed E-state index contributed by atoms with van der Waals surface area (Å²) >= 11 is 0.815. The lowest BCUT2D eigenvalue weighted by Crippen LogP contribution is -2.13. The molecule has 0 unspecified atom stereocenters. The zero-order valence-corrected chi connectivity index (χ0v) is 18.9. The minimum absolute atomic E-state index is 0.320. The monoisotopic (exact) mass is 429 g/mol. The van der Waals surface area contributed by atoms with E-state index >= 15 is 0 Å². The van der Waals surface area contributed by atoms with E-state index in [4.69, 9.17) is 5.26 Å². The Hall–Kier alpha value is -2.67. The van der Waals surface area contributed by atoms with Gasteiger partial charge in [0.15, 0.2) is 0 Å². The molecule has 2 aromatic carbocycles. The van der Waals surface area contributed by atoms with Crippen LogP contribution in [0.15, 0.2) is 47.4 Å².